The van der Waals surface area contributed by atoms with Crippen LogP contribution in [-0.2, 0) is 32.7 Å². The molecule has 0 unspecified atom stereocenters. The molecule has 0 aliphatic carbocycles. The van der Waals surface area contributed by atoms with Crippen molar-refractivity contribution in [2.75, 3.05) is 0 Å². The molecular formula is C6H11SiY. The molecular weight excluding hydrogens is 189 g/mol. The third-order valence-corrected chi connectivity index (χ3v) is 1.50. The zero-order chi connectivity index (χ0) is 5.70. The van der Waals surface area contributed by atoms with Crippen LogP contribution in [-0.4, -0.2) is 8.80 Å². The summed E-state index contributed by atoms with van der Waals surface area (Å²) >= 11 is 0. The van der Waals surface area contributed by atoms with E-state index in [0.29, 0.717) is 0 Å². The van der Waals surface area contributed by atoms with Crippen LogP contribution in [0.1, 0.15) is 6.92 Å². The summed E-state index contributed by atoms with van der Waals surface area (Å²) in [6.45, 7) is 6.44. The van der Waals surface area contributed by atoms with E-state index in [1.165, 1.54) is 0 Å². The summed E-state index contributed by atoms with van der Waals surface area (Å²) < 4.78 is 0. The van der Waals surface area contributed by atoms with Crippen LogP contribution in [0.5, 0.6) is 0 Å². The topological polar surface area (TPSA) is 0 Å². The van der Waals surface area contributed by atoms with Gasteiger partial charge in [0.1, 0.15) is 0 Å². The van der Waals surface area contributed by atoms with Gasteiger partial charge in [-0.05, 0) is 6.92 Å². The van der Waals surface area contributed by atoms with Gasteiger partial charge in [-0.25, -0.2) is 0 Å². The van der Waals surface area contributed by atoms with Crippen LogP contribution in [0.15, 0.2) is 0 Å². The normalized spacial score (nSPS) is 7.00. The Bertz CT molecular complexity index is 88.4. The second-order valence-corrected chi connectivity index (χ2v) is 4.58. The Hall–Kier alpha value is 0.881. The maximum absolute atomic E-state index is 3.04. The van der Waals surface area contributed by atoms with E-state index in [9.17, 15) is 0 Å². The quantitative estimate of drug-likeness (QED) is 0.447. The summed E-state index contributed by atoms with van der Waals surface area (Å²) in [5.74, 6) is 5.92. The molecule has 0 saturated carbocycles. The fraction of sp³-hybridized carbons (Fsp3) is 0.667. The van der Waals surface area contributed by atoms with Gasteiger partial charge in [-0.3, -0.25) is 0 Å². The molecule has 0 N–H and O–H groups in total. The Morgan fingerprint density at radius 3 is 2.00 bits per heavy atom. The maximum Gasteiger partial charge on any atom is 0.0556 e. The van der Waals surface area contributed by atoms with E-state index in [4.69, 9.17) is 0 Å². The first-order valence-electron chi connectivity index (χ1n) is 2.46. The minimum Gasteiger partial charge on any atom is -0.107 e. The molecule has 0 spiro atoms. The Kier molecular flexibility index (Phi) is 11.5. The van der Waals surface area contributed by atoms with E-state index < -0.39 is 0 Å². The molecule has 0 rings (SSSR count). The summed E-state index contributed by atoms with van der Waals surface area (Å²) in [5.41, 5.74) is 0. The van der Waals surface area contributed by atoms with Crippen molar-refractivity contribution in [2.24, 2.45) is 0 Å². The maximum atomic E-state index is 3.04. The van der Waals surface area contributed by atoms with Gasteiger partial charge in [-0.2, -0.15) is 0 Å². The number of hydrogen-bond donors (Lipinski definition) is 0. The number of hydrogen-bond acceptors (Lipinski definition) is 0. The monoisotopic (exact) mass is 200 g/mol. The molecule has 0 nitrogen and oxygen atoms in total. The number of rotatable bonds is 1. The van der Waals surface area contributed by atoms with Gasteiger partial charge in [0, 0.05) is 38.8 Å². The summed E-state index contributed by atoms with van der Waals surface area (Å²) in [5, 5.41) is 0. The molecule has 0 aromatic rings. The van der Waals surface area contributed by atoms with Crippen molar-refractivity contribution >= 4 is 8.80 Å². The SMILES string of the molecule is CC#CC[Si](C)C.[Y]. The van der Waals surface area contributed by atoms with Crippen molar-refractivity contribution in [3.63, 3.8) is 0 Å². The van der Waals surface area contributed by atoms with Crippen molar-refractivity contribution < 1.29 is 32.7 Å². The van der Waals surface area contributed by atoms with Gasteiger partial charge in [0.25, 0.3) is 0 Å². The molecule has 0 heterocycles. The Labute approximate surface area is 78.9 Å². The molecule has 0 amide bonds. The molecule has 0 aliphatic rings. The largest absolute Gasteiger partial charge is 0.107 e. The molecule has 0 bridgehead atoms. The van der Waals surface area contributed by atoms with Gasteiger partial charge in [-0.1, -0.05) is 13.1 Å². The van der Waals surface area contributed by atoms with E-state index in [1.807, 2.05) is 6.92 Å². The molecule has 0 fully saturated rings. The van der Waals surface area contributed by atoms with Crippen LogP contribution in [0.25, 0.3) is 0 Å². The van der Waals surface area contributed by atoms with E-state index in [2.05, 4.69) is 24.9 Å². The van der Waals surface area contributed by atoms with Crippen LogP contribution in [0.3, 0.4) is 0 Å². The smallest absolute Gasteiger partial charge is 0.0556 e. The van der Waals surface area contributed by atoms with E-state index in [0.717, 1.165) is 6.04 Å². The van der Waals surface area contributed by atoms with E-state index in [-0.39, 0.29) is 41.5 Å². The fourth-order valence-electron chi connectivity index (χ4n) is 0.265. The third-order valence-electron chi connectivity index (χ3n) is 0.619. The molecule has 0 aromatic heterocycles. The Balaban J connectivity index is 0. The zero-order valence-electron chi connectivity index (χ0n) is 5.78. The second kappa shape index (κ2) is 7.88. The first-order chi connectivity index (χ1) is 3.27. The van der Waals surface area contributed by atoms with Gasteiger partial charge in [-0.15, -0.1) is 11.8 Å². The molecule has 42 valence electrons. The van der Waals surface area contributed by atoms with Gasteiger partial charge in [0.2, 0.25) is 0 Å². The van der Waals surface area contributed by atoms with Crippen LogP contribution in [0, 0.1) is 11.8 Å². The zero-order valence-corrected chi connectivity index (χ0v) is 9.62. The molecule has 0 aromatic carbocycles. The predicted octanol–water partition coefficient (Wildman–Crippen LogP) is 1.76. The molecule has 2 heteroatoms. The Morgan fingerprint density at radius 2 is 1.88 bits per heavy atom. The molecule has 0 aliphatic heterocycles. The van der Waals surface area contributed by atoms with Crippen molar-refractivity contribution in [1.82, 2.24) is 0 Å². The van der Waals surface area contributed by atoms with Crippen molar-refractivity contribution in [1.29, 1.82) is 0 Å². The van der Waals surface area contributed by atoms with Crippen LogP contribution in [0.4, 0.5) is 0 Å². The van der Waals surface area contributed by atoms with Gasteiger partial charge < -0.3 is 0 Å². The standard InChI is InChI=1S/C6H11Si.Y/c1-4-5-6-7(2)3;/h6H2,1-3H3;. The minimum absolute atomic E-state index is 0. The van der Waals surface area contributed by atoms with Crippen LogP contribution < -0.4 is 0 Å². The molecule has 0 atom stereocenters. The molecule has 2 radical (unpaired) electrons. The van der Waals surface area contributed by atoms with Crippen molar-refractivity contribution in [3.05, 3.63) is 0 Å². The third kappa shape index (κ3) is 9.99. The minimum atomic E-state index is -0.0709. The van der Waals surface area contributed by atoms with Gasteiger partial charge >= 0.3 is 0 Å². The van der Waals surface area contributed by atoms with Crippen molar-refractivity contribution in [2.45, 2.75) is 26.1 Å². The average Bonchev–Trinajstić information content (AvgIpc) is 1.61. The summed E-state index contributed by atoms with van der Waals surface area (Å²) in [6, 6.07) is 1.14. The Morgan fingerprint density at radius 1 is 1.38 bits per heavy atom. The molecule has 8 heavy (non-hydrogen) atoms. The summed E-state index contributed by atoms with van der Waals surface area (Å²) in [4.78, 5) is 0. The van der Waals surface area contributed by atoms with Gasteiger partial charge in [0.05, 0.1) is 8.80 Å². The van der Waals surface area contributed by atoms with Gasteiger partial charge in [0.15, 0.2) is 0 Å². The van der Waals surface area contributed by atoms with Crippen LogP contribution >= 0.6 is 0 Å². The van der Waals surface area contributed by atoms with Crippen LogP contribution in [0.2, 0.25) is 19.1 Å². The summed E-state index contributed by atoms with van der Waals surface area (Å²) in [7, 11) is -0.0709. The first kappa shape index (κ1) is 11.6. The fourth-order valence-corrected chi connectivity index (χ4v) is 0.795. The predicted molar refractivity (Wildman–Crippen MR) is 35.7 cm³/mol. The second-order valence-electron chi connectivity index (χ2n) is 1.81. The average molecular weight is 200 g/mol. The van der Waals surface area contributed by atoms with E-state index in [1.54, 1.807) is 0 Å². The summed E-state index contributed by atoms with van der Waals surface area (Å²) in [6.07, 6.45) is 0. The first-order valence-corrected chi connectivity index (χ1v) is 5.16. The molecule has 0 saturated heterocycles. The van der Waals surface area contributed by atoms with E-state index >= 15 is 0 Å². The van der Waals surface area contributed by atoms with Crippen molar-refractivity contribution in [3.8, 4) is 11.8 Å².